The first-order valence-electron chi connectivity index (χ1n) is 8.89. The minimum Gasteiger partial charge on any atom is -0.480 e. The van der Waals surface area contributed by atoms with Crippen LogP contribution in [0.3, 0.4) is 0 Å². The van der Waals surface area contributed by atoms with Crippen molar-refractivity contribution < 1.29 is 9.90 Å². The van der Waals surface area contributed by atoms with Gasteiger partial charge in [-0.25, -0.2) is 0 Å². The Morgan fingerprint density at radius 1 is 1.32 bits per heavy atom. The average Bonchev–Trinajstić information content (AvgIpc) is 2.84. The standard InChI is InChI=1S/C17H31N3O2/c1-11(2)9-20-10-13-12-4-6-19(7-5-12)16(13)15(20)8-14(18-3)17(21)22/h11-16,18H,4-10H2,1-3H3,(H,21,22). The summed E-state index contributed by atoms with van der Waals surface area (Å²) in [5.41, 5.74) is 0. The van der Waals surface area contributed by atoms with Crippen molar-refractivity contribution >= 4 is 5.97 Å². The topological polar surface area (TPSA) is 55.8 Å². The van der Waals surface area contributed by atoms with Crippen molar-refractivity contribution in [1.29, 1.82) is 0 Å². The second kappa shape index (κ2) is 6.46. The van der Waals surface area contributed by atoms with Crippen LogP contribution < -0.4 is 5.32 Å². The molecule has 0 amide bonds. The summed E-state index contributed by atoms with van der Waals surface area (Å²) in [6.45, 7) is 9.23. The summed E-state index contributed by atoms with van der Waals surface area (Å²) in [5, 5.41) is 12.4. The van der Waals surface area contributed by atoms with Gasteiger partial charge in [0.25, 0.3) is 0 Å². The molecule has 4 rings (SSSR count). The lowest BCUT2D eigenvalue weighted by atomic mass is 9.73. The first-order valence-corrected chi connectivity index (χ1v) is 8.89. The van der Waals surface area contributed by atoms with Crippen LogP contribution >= 0.6 is 0 Å². The van der Waals surface area contributed by atoms with Gasteiger partial charge in [-0.1, -0.05) is 13.8 Å². The van der Waals surface area contributed by atoms with Crippen molar-refractivity contribution in [3.05, 3.63) is 0 Å². The molecule has 4 heterocycles. The molecule has 2 N–H and O–H groups in total. The minimum atomic E-state index is -0.716. The van der Waals surface area contributed by atoms with Crippen LogP contribution in [0.4, 0.5) is 0 Å². The Hall–Kier alpha value is -0.650. The Balaban J connectivity index is 1.80. The Kier molecular flexibility index (Phi) is 4.76. The number of nitrogens with one attached hydrogen (secondary N) is 1. The maximum absolute atomic E-state index is 11.5. The van der Waals surface area contributed by atoms with Gasteiger partial charge < -0.3 is 10.4 Å². The molecule has 0 aromatic carbocycles. The molecule has 0 spiro atoms. The van der Waals surface area contributed by atoms with E-state index in [1.165, 1.54) is 32.5 Å². The predicted octanol–water partition coefficient (Wildman–Crippen LogP) is 1.10. The molecule has 0 radical (unpaired) electrons. The highest BCUT2D eigenvalue weighted by Gasteiger charge is 2.52. The predicted molar refractivity (Wildman–Crippen MR) is 86.9 cm³/mol. The van der Waals surface area contributed by atoms with Gasteiger partial charge in [-0.05, 0) is 57.2 Å². The lowest BCUT2D eigenvalue weighted by Crippen LogP contribution is -2.58. The summed E-state index contributed by atoms with van der Waals surface area (Å²) in [6.07, 6.45) is 3.42. The molecular weight excluding hydrogens is 278 g/mol. The molecule has 5 nitrogen and oxygen atoms in total. The van der Waals surface area contributed by atoms with Gasteiger partial charge in [-0.3, -0.25) is 14.6 Å². The molecule has 0 aromatic heterocycles. The van der Waals surface area contributed by atoms with Crippen LogP contribution in [0, 0.1) is 17.8 Å². The monoisotopic (exact) mass is 309 g/mol. The molecule has 22 heavy (non-hydrogen) atoms. The summed E-state index contributed by atoms with van der Waals surface area (Å²) < 4.78 is 0. The van der Waals surface area contributed by atoms with E-state index in [1.54, 1.807) is 7.05 Å². The first-order chi connectivity index (χ1) is 10.5. The molecular formula is C17H31N3O2. The third-order valence-electron chi connectivity index (χ3n) is 6.07. The average molecular weight is 309 g/mol. The highest BCUT2D eigenvalue weighted by molar-refractivity contribution is 5.73. The molecule has 0 aromatic rings. The van der Waals surface area contributed by atoms with Gasteiger partial charge in [0.2, 0.25) is 0 Å². The first kappa shape index (κ1) is 16.2. The molecule has 126 valence electrons. The third kappa shape index (κ3) is 2.91. The second-order valence-corrected chi connectivity index (χ2v) is 7.86. The summed E-state index contributed by atoms with van der Waals surface area (Å²) in [6, 6.07) is 0.547. The second-order valence-electron chi connectivity index (χ2n) is 7.86. The van der Waals surface area contributed by atoms with Crippen LogP contribution in [-0.4, -0.2) is 72.2 Å². The molecule has 2 bridgehead atoms. The molecule has 5 heteroatoms. The number of likely N-dealkylation sites (tertiary alicyclic amines) is 1. The number of carboxylic acids is 1. The van der Waals surface area contributed by atoms with E-state index in [9.17, 15) is 9.90 Å². The van der Waals surface area contributed by atoms with E-state index < -0.39 is 12.0 Å². The summed E-state index contributed by atoms with van der Waals surface area (Å²) in [7, 11) is 1.77. The van der Waals surface area contributed by atoms with Gasteiger partial charge >= 0.3 is 5.97 Å². The number of rotatable bonds is 6. The van der Waals surface area contributed by atoms with Crippen molar-refractivity contribution in [2.24, 2.45) is 17.8 Å². The zero-order chi connectivity index (χ0) is 15.9. The fourth-order valence-electron chi connectivity index (χ4n) is 5.15. The molecule has 4 unspecified atom stereocenters. The highest BCUT2D eigenvalue weighted by atomic mass is 16.4. The van der Waals surface area contributed by atoms with E-state index in [1.807, 2.05) is 0 Å². The zero-order valence-corrected chi connectivity index (χ0v) is 14.2. The van der Waals surface area contributed by atoms with Gasteiger partial charge in [-0.15, -0.1) is 0 Å². The molecule has 4 atom stereocenters. The Labute approximate surface area is 134 Å². The smallest absolute Gasteiger partial charge is 0.320 e. The van der Waals surface area contributed by atoms with E-state index in [4.69, 9.17) is 0 Å². The van der Waals surface area contributed by atoms with Gasteiger partial charge in [-0.2, -0.15) is 0 Å². The number of nitrogens with zero attached hydrogens (tertiary/aromatic N) is 2. The fraction of sp³-hybridized carbons (Fsp3) is 0.941. The number of likely N-dealkylation sites (N-methyl/N-ethyl adjacent to an activating group) is 1. The van der Waals surface area contributed by atoms with Crippen LogP contribution in [-0.2, 0) is 4.79 Å². The Bertz CT molecular complexity index is 407. The van der Waals surface area contributed by atoms with Crippen molar-refractivity contribution in [3.8, 4) is 0 Å². The SMILES string of the molecule is CNC(CC1C2C(CN1CC(C)C)C1CCN2CC1)C(=O)O. The molecule has 4 aliphatic heterocycles. The maximum atomic E-state index is 11.5. The third-order valence-corrected chi connectivity index (χ3v) is 6.07. The number of carboxylic acid groups (broad SMARTS) is 1. The van der Waals surface area contributed by atoms with Crippen molar-refractivity contribution in [2.45, 2.75) is 51.2 Å². The van der Waals surface area contributed by atoms with Crippen molar-refractivity contribution in [2.75, 3.05) is 33.2 Å². The lowest BCUT2D eigenvalue weighted by molar-refractivity contribution is -0.140. The molecule has 4 saturated heterocycles. The molecule has 0 saturated carbocycles. The Morgan fingerprint density at radius 2 is 2.00 bits per heavy atom. The van der Waals surface area contributed by atoms with E-state index >= 15 is 0 Å². The highest BCUT2D eigenvalue weighted by Crippen LogP contribution is 2.45. The number of hydrogen-bond donors (Lipinski definition) is 2. The summed E-state index contributed by atoms with van der Waals surface area (Å²) in [4.78, 5) is 16.7. The Morgan fingerprint density at radius 3 is 2.55 bits per heavy atom. The van der Waals surface area contributed by atoms with Crippen LogP contribution in [0.25, 0.3) is 0 Å². The van der Waals surface area contributed by atoms with Gasteiger partial charge in [0.15, 0.2) is 0 Å². The van der Waals surface area contributed by atoms with E-state index in [0.29, 0.717) is 18.0 Å². The lowest BCUT2D eigenvalue weighted by Gasteiger charge is -2.50. The number of fused-ring (bicyclic) bond motifs is 2. The van der Waals surface area contributed by atoms with Gasteiger partial charge in [0.1, 0.15) is 6.04 Å². The van der Waals surface area contributed by atoms with E-state index in [-0.39, 0.29) is 0 Å². The minimum absolute atomic E-state index is 0.393. The largest absolute Gasteiger partial charge is 0.480 e. The van der Waals surface area contributed by atoms with E-state index in [0.717, 1.165) is 24.8 Å². The fourth-order valence-corrected chi connectivity index (χ4v) is 5.15. The normalized spacial score (nSPS) is 39.2. The molecule has 4 aliphatic rings. The maximum Gasteiger partial charge on any atom is 0.320 e. The molecule has 4 fully saturated rings. The number of piperidine rings is 3. The van der Waals surface area contributed by atoms with Crippen LogP contribution in [0.2, 0.25) is 0 Å². The zero-order valence-electron chi connectivity index (χ0n) is 14.2. The van der Waals surface area contributed by atoms with Crippen molar-refractivity contribution in [1.82, 2.24) is 15.1 Å². The number of hydrogen-bond acceptors (Lipinski definition) is 4. The number of carbonyl (C=O) groups is 1. The van der Waals surface area contributed by atoms with Gasteiger partial charge in [0.05, 0.1) is 0 Å². The van der Waals surface area contributed by atoms with Crippen molar-refractivity contribution in [3.63, 3.8) is 0 Å². The quantitative estimate of drug-likeness (QED) is 0.769. The number of aliphatic carboxylic acids is 1. The van der Waals surface area contributed by atoms with E-state index in [2.05, 4.69) is 29.0 Å². The van der Waals surface area contributed by atoms with Gasteiger partial charge in [0, 0.05) is 25.2 Å². The van der Waals surface area contributed by atoms with Crippen LogP contribution in [0.5, 0.6) is 0 Å². The summed E-state index contributed by atoms with van der Waals surface area (Å²) >= 11 is 0. The summed E-state index contributed by atoms with van der Waals surface area (Å²) in [5.74, 6) is 1.55. The molecule has 0 aliphatic carbocycles. The van der Waals surface area contributed by atoms with Crippen LogP contribution in [0.15, 0.2) is 0 Å². The van der Waals surface area contributed by atoms with Crippen LogP contribution in [0.1, 0.15) is 33.1 Å².